The Morgan fingerprint density at radius 3 is 1.62 bits per heavy atom. The van der Waals surface area contributed by atoms with Crippen molar-refractivity contribution < 1.29 is 10.2 Å². The fourth-order valence-corrected chi connectivity index (χ4v) is 7.46. The zero-order chi connectivity index (χ0) is 26.7. The molecule has 0 amide bonds. The Morgan fingerprint density at radius 1 is 0.757 bits per heavy atom. The van der Waals surface area contributed by atoms with Gasteiger partial charge < -0.3 is 20.0 Å². The van der Waals surface area contributed by atoms with Gasteiger partial charge in [-0.3, -0.25) is 0 Å². The van der Waals surface area contributed by atoms with Crippen LogP contribution in [-0.2, 0) is 0 Å². The summed E-state index contributed by atoms with van der Waals surface area (Å²) in [5, 5.41) is 20.7. The molecule has 0 bridgehead atoms. The number of rotatable bonds is 12. The second kappa shape index (κ2) is 12.7. The second-order valence-corrected chi connectivity index (χ2v) is 13.4. The highest BCUT2D eigenvalue weighted by Gasteiger charge is 2.23. The lowest BCUT2D eigenvalue weighted by Crippen LogP contribution is -2.35. The number of halogens is 2. The molecule has 4 aromatic heterocycles. The lowest BCUT2D eigenvalue weighted by atomic mass is 10.1. The predicted molar refractivity (Wildman–Crippen MR) is 156 cm³/mol. The average Bonchev–Trinajstić information content (AvgIpc) is 3.45. The summed E-state index contributed by atoms with van der Waals surface area (Å²) < 4.78 is 2.28. The van der Waals surface area contributed by atoms with E-state index in [2.05, 4.69) is 26.9 Å². The van der Waals surface area contributed by atoms with Crippen LogP contribution in [0.1, 0.15) is 33.1 Å². The van der Waals surface area contributed by atoms with Gasteiger partial charge in [0.25, 0.3) is 0 Å². The van der Waals surface area contributed by atoms with E-state index in [0.29, 0.717) is 42.2 Å². The van der Waals surface area contributed by atoms with Crippen molar-refractivity contribution in [2.45, 2.75) is 55.5 Å². The molecule has 4 heterocycles. The standard InChI is InChI=1S/C21H26Cl2N8O2S4/c1-5-7-11(9-33)31(4)17-13-15(25-19(23)35-13)27-21(29-17)37-36-20-26-14-12(34-18(22)24-14)16(28-20)30(3)10(6-2)8-32/h10-11,32-33H,5-9H2,1-4H3/t10-,11-/m1/s1. The Balaban J connectivity index is 1.67. The molecule has 0 fully saturated rings. The lowest BCUT2D eigenvalue weighted by Gasteiger charge is -2.27. The summed E-state index contributed by atoms with van der Waals surface area (Å²) in [5.74, 6) is 1.33. The summed E-state index contributed by atoms with van der Waals surface area (Å²) >= 11 is 15.0. The first-order valence-corrected chi connectivity index (χ1v) is 16.0. The average molecular weight is 622 g/mol. The monoisotopic (exact) mass is 620 g/mol. The van der Waals surface area contributed by atoms with Gasteiger partial charge in [-0.1, -0.05) is 66.1 Å². The van der Waals surface area contributed by atoms with Crippen molar-refractivity contribution in [3.63, 3.8) is 0 Å². The van der Waals surface area contributed by atoms with Gasteiger partial charge in [0.1, 0.15) is 9.40 Å². The largest absolute Gasteiger partial charge is 0.394 e. The third-order valence-electron chi connectivity index (χ3n) is 5.85. The molecule has 0 saturated carbocycles. The first-order valence-electron chi connectivity index (χ1n) is 11.5. The number of hydrogen-bond donors (Lipinski definition) is 2. The van der Waals surface area contributed by atoms with Gasteiger partial charge in [-0.05, 0) is 34.4 Å². The highest BCUT2D eigenvalue weighted by Crippen LogP contribution is 2.41. The fraction of sp³-hybridized carbons (Fsp3) is 0.524. The molecule has 0 aliphatic carbocycles. The minimum atomic E-state index is -0.106. The van der Waals surface area contributed by atoms with Crippen LogP contribution < -0.4 is 9.80 Å². The third kappa shape index (κ3) is 6.32. The summed E-state index contributed by atoms with van der Waals surface area (Å²) in [6.45, 7) is 4.09. The van der Waals surface area contributed by atoms with Crippen LogP contribution in [0.5, 0.6) is 0 Å². The number of thiazole rings is 2. The van der Waals surface area contributed by atoms with Crippen LogP contribution in [0.25, 0.3) is 20.7 Å². The summed E-state index contributed by atoms with van der Waals surface area (Å²) in [5.41, 5.74) is 0.996. The predicted octanol–water partition coefficient (Wildman–Crippen LogP) is 5.40. The molecule has 0 aromatic carbocycles. The van der Waals surface area contributed by atoms with Crippen molar-refractivity contribution in [2.24, 2.45) is 0 Å². The van der Waals surface area contributed by atoms with Crippen LogP contribution in [-0.4, -0.2) is 79.5 Å². The highest BCUT2D eigenvalue weighted by molar-refractivity contribution is 8.76. The smallest absolute Gasteiger partial charge is 0.202 e. The number of anilines is 2. The zero-order valence-electron chi connectivity index (χ0n) is 20.6. The number of nitrogens with zero attached hydrogens (tertiary/aromatic N) is 8. The van der Waals surface area contributed by atoms with Crippen molar-refractivity contribution in [2.75, 3.05) is 37.1 Å². The van der Waals surface area contributed by atoms with Gasteiger partial charge in [0.05, 0.1) is 25.3 Å². The third-order valence-corrected chi connectivity index (χ3v) is 10.0. The molecule has 200 valence electrons. The zero-order valence-corrected chi connectivity index (χ0v) is 25.3. The Hall–Kier alpha value is -1.26. The molecule has 16 heteroatoms. The van der Waals surface area contributed by atoms with E-state index in [-0.39, 0.29) is 25.3 Å². The fourth-order valence-electron chi connectivity index (χ4n) is 3.77. The second-order valence-electron chi connectivity index (χ2n) is 8.16. The van der Waals surface area contributed by atoms with Gasteiger partial charge in [0.15, 0.2) is 31.9 Å². The SMILES string of the molecule is CCC[C@H](CO)N(C)c1nc(SSc2nc(N(C)[C@H](CC)CO)c3sc(Cl)nc3n2)nc2nc(Cl)sc12. The Bertz CT molecular complexity index is 1370. The van der Waals surface area contributed by atoms with Gasteiger partial charge in [0.2, 0.25) is 10.3 Å². The van der Waals surface area contributed by atoms with E-state index in [9.17, 15) is 10.2 Å². The van der Waals surface area contributed by atoms with E-state index in [1.165, 1.54) is 44.3 Å². The van der Waals surface area contributed by atoms with Crippen LogP contribution in [0.15, 0.2) is 10.3 Å². The molecule has 37 heavy (non-hydrogen) atoms. The maximum absolute atomic E-state index is 9.94. The van der Waals surface area contributed by atoms with Crippen LogP contribution in [0, 0.1) is 0 Å². The summed E-state index contributed by atoms with van der Waals surface area (Å²) in [6.07, 6.45) is 2.49. The number of aliphatic hydroxyl groups excluding tert-OH is 2. The molecule has 2 N–H and O–H groups in total. The molecule has 0 saturated heterocycles. The topological polar surface area (TPSA) is 124 Å². The van der Waals surface area contributed by atoms with Crippen molar-refractivity contribution in [1.82, 2.24) is 29.9 Å². The number of aromatic nitrogens is 6. The van der Waals surface area contributed by atoms with Crippen LogP contribution >= 0.6 is 67.5 Å². The number of fused-ring (bicyclic) bond motifs is 2. The Labute approximate surface area is 240 Å². The number of aliphatic hydroxyl groups is 2. The van der Waals surface area contributed by atoms with E-state index in [4.69, 9.17) is 33.2 Å². The highest BCUT2D eigenvalue weighted by atomic mass is 35.5. The van der Waals surface area contributed by atoms with Gasteiger partial charge in [-0.15, -0.1) is 0 Å². The van der Waals surface area contributed by atoms with Gasteiger partial charge >= 0.3 is 0 Å². The first-order chi connectivity index (χ1) is 17.8. The minimum absolute atomic E-state index is 0.00449. The van der Waals surface area contributed by atoms with Crippen molar-refractivity contribution in [1.29, 1.82) is 0 Å². The number of likely N-dealkylation sites (N-methyl/N-ethyl adjacent to an activating group) is 2. The van der Waals surface area contributed by atoms with E-state index < -0.39 is 0 Å². The van der Waals surface area contributed by atoms with Gasteiger partial charge in [-0.2, -0.15) is 0 Å². The molecule has 0 radical (unpaired) electrons. The molecular formula is C21H26Cl2N8O2S4. The molecule has 0 aliphatic heterocycles. The quantitative estimate of drug-likeness (QED) is 0.156. The van der Waals surface area contributed by atoms with Crippen molar-refractivity contribution in [3.05, 3.63) is 8.93 Å². The first kappa shape index (κ1) is 28.7. The Kier molecular flexibility index (Phi) is 9.89. The van der Waals surface area contributed by atoms with Crippen molar-refractivity contribution in [3.8, 4) is 0 Å². The molecule has 10 nitrogen and oxygen atoms in total. The molecule has 0 unspecified atom stereocenters. The molecule has 2 atom stereocenters. The van der Waals surface area contributed by atoms with Crippen LogP contribution in [0.2, 0.25) is 8.93 Å². The van der Waals surface area contributed by atoms with E-state index in [1.807, 2.05) is 30.8 Å². The minimum Gasteiger partial charge on any atom is -0.394 e. The maximum Gasteiger partial charge on any atom is 0.202 e. The molecule has 4 rings (SSSR count). The van der Waals surface area contributed by atoms with E-state index in [1.54, 1.807) is 0 Å². The molecule has 4 aromatic rings. The maximum atomic E-state index is 9.94. The summed E-state index contributed by atoms with van der Waals surface area (Å²) in [7, 11) is 6.38. The van der Waals surface area contributed by atoms with E-state index in [0.717, 1.165) is 28.7 Å². The van der Waals surface area contributed by atoms with E-state index >= 15 is 0 Å². The van der Waals surface area contributed by atoms with Crippen molar-refractivity contribution >= 4 is 99.8 Å². The van der Waals surface area contributed by atoms with Gasteiger partial charge in [-0.25, -0.2) is 29.9 Å². The van der Waals surface area contributed by atoms with Crippen LogP contribution in [0.4, 0.5) is 11.6 Å². The van der Waals surface area contributed by atoms with Crippen LogP contribution in [0.3, 0.4) is 0 Å². The molecule has 0 spiro atoms. The molecule has 0 aliphatic rings. The lowest BCUT2D eigenvalue weighted by molar-refractivity contribution is 0.255. The van der Waals surface area contributed by atoms with Gasteiger partial charge in [0, 0.05) is 14.1 Å². The number of hydrogen-bond acceptors (Lipinski definition) is 14. The normalized spacial score (nSPS) is 13.4. The molecular weight excluding hydrogens is 595 g/mol. The summed E-state index contributed by atoms with van der Waals surface area (Å²) in [6, 6.07) is -0.198. The summed E-state index contributed by atoms with van der Waals surface area (Å²) in [4.78, 5) is 31.3. The Morgan fingerprint density at radius 2 is 1.22 bits per heavy atom.